The second-order valence-corrected chi connectivity index (χ2v) is 7.58. The van der Waals surface area contributed by atoms with Crippen molar-refractivity contribution in [1.29, 1.82) is 0 Å². The molecule has 0 amide bonds. The second-order valence-electron chi connectivity index (χ2n) is 7.58. The van der Waals surface area contributed by atoms with Crippen LogP contribution < -0.4 is 0 Å². The third-order valence-electron chi connectivity index (χ3n) is 5.40. The summed E-state index contributed by atoms with van der Waals surface area (Å²) in [5, 5.41) is 30.8. The summed E-state index contributed by atoms with van der Waals surface area (Å²) < 4.78 is 0. The van der Waals surface area contributed by atoms with Gasteiger partial charge in [-0.1, -0.05) is 54.6 Å². The molecular formula is C28H28O3. The van der Waals surface area contributed by atoms with E-state index in [4.69, 9.17) is 0 Å². The quantitative estimate of drug-likeness (QED) is 0.291. The highest BCUT2D eigenvalue weighted by atomic mass is 16.3. The maximum absolute atomic E-state index is 10.3. The summed E-state index contributed by atoms with van der Waals surface area (Å²) in [6.07, 6.45) is 6.96. The average molecular weight is 413 g/mol. The molecule has 31 heavy (non-hydrogen) atoms. The van der Waals surface area contributed by atoms with E-state index in [1.165, 1.54) is 0 Å². The summed E-state index contributed by atoms with van der Waals surface area (Å²) in [7, 11) is 0. The van der Waals surface area contributed by atoms with Crippen LogP contribution in [0.1, 0.15) is 39.3 Å². The number of hydrogen-bond donors (Lipinski definition) is 3. The fourth-order valence-electron chi connectivity index (χ4n) is 3.89. The fraction of sp³-hybridized carbons (Fsp3) is 0.143. The molecule has 3 aromatic rings. The molecule has 0 unspecified atom stereocenters. The van der Waals surface area contributed by atoms with Gasteiger partial charge < -0.3 is 15.3 Å². The lowest BCUT2D eigenvalue weighted by Crippen LogP contribution is -2.06. The van der Waals surface area contributed by atoms with Crippen molar-refractivity contribution >= 4 is 0 Å². The largest absolute Gasteiger partial charge is 0.508 e. The van der Waals surface area contributed by atoms with Crippen LogP contribution in [0.3, 0.4) is 0 Å². The van der Waals surface area contributed by atoms with Gasteiger partial charge in [0.15, 0.2) is 0 Å². The number of allylic oxidation sites excluding steroid dienone is 3. The third kappa shape index (κ3) is 4.89. The van der Waals surface area contributed by atoms with E-state index in [-0.39, 0.29) is 23.2 Å². The first-order chi connectivity index (χ1) is 15.0. The monoisotopic (exact) mass is 412 g/mol. The molecule has 3 aromatic carbocycles. The van der Waals surface area contributed by atoms with Gasteiger partial charge in [-0.05, 0) is 70.8 Å². The van der Waals surface area contributed by atoms with Crippen LogP contribution in [0.5, 0.6) is 17.2 Å². The minimum atomic E-state index is -0.155. The minimum absolute atomic E-state index is 0.155. The van der Waals surface area contributed by atoms with E-state index >= 15 is 0 Å². The molecule has 0 saturated carbocycles. The summed E-state index contributed by atoms with van der Waals surface area (Å²) in [5.74, 6) is 0.549. The van der Waals surface area contributed by atoms with Gasteiger partial charge in [-0.15, -0.1) is 19.7 Å². The van der Waals surface area contributed by atoms with Crippen molar-refractivity contribution in [3.63, 3.8) is 0 Å². The molecule has 158 valence electrons. The Morgan fingerprint density at radius 3 is 1.10 bits per heavy atom. The van der Waals surface area contributed by atoms with Gasteiger partial charge in [0, 0.05) is 5.92 Å². The van der Waals surface area contributed by atoms with Gasteiger partial charge in [-0.25, -0.2) is 0 Å². The zero-order chi connectivity index (χ0) is 22.4. The van der Waals surface area contributed by atoms with Crippen molar-refractivity contribution in [1.82, 2.24) is 0 Å². The molecule has 0 atom stereocenters. The van der Waals surface area contributed by atoms with Crippen molar-refractivity contribution in [3.05, 3.63) is 126 Å². The van der Waals surface area contributed by atoms with E-state index in [2.05, 4.69) is 19.7 Å². The Labute approximate surface area is 184 Å². The molecule has 3 N–H and O–H groups in total. The average Bonchev–Trinajstić information content (AvgIpc) is 2.75. The smallest absolute Gasteiger partial charge is 0.119 e. The maximum Gasteiger partial charge on any atom is 0.119 e. The maximum atomic E-state index is 10.3. The Hall–Kier alpha value is -3.72. The lowest BCUT2D eigenvalue weighted by Gasteiger charge is -2.22. The van der Waals surface area contributed by atoms with Gasteiger partial charge in [-0.2, -0.15) is 0 Å². The Bertz CT molecular complexity index is 970. The molecule has 3 heteroatoms. The summed E-state index contributed by atoms with van der Waals surface area (Å²) in [5.41, 5.74) is 5.40. The van der Waals surface area contributed by atoms with Gasteiger partial charge in [0.2, 0.25) is 0 Å². The fourth-order valence-corrected chi connectivity index (χ4v) is 3.89. The number of phenolic OH excluding ortho intramolecular Hbond substituents is 3. The summed E-state index contributed by atoms with van der Waals surface area (Å²) >= 11 is 0. The number of phenols is 3. The topological polar surface area (TPSA) is 60.7 Å². The number of hydrogen-bond acceptors (Lipinski definition) is 3. The van der Waals surface area contributed by atoms with Crippen molar-refractivity contribution in [2.75, 3.05) is 0 Å². The zero-order valence-electron chi connectivity index (χ0n) is 17.6. The Morgan fingerprint density at radius 2 is 0.839 bits per heavy atom. The number of benzene rings is 3. The van der Waals surface area contributed by atoms with E-state index in [0.717, 1.165) is 33.4 Å². The number of rotatable bonds is 9. The molecule has 0 aromatic heterocycles. The van der Waals surface area contributed by atoms with Crippen LogP contribution in [-0.4, -0.2) is 15.3 Å². The van der Waals surface area contributed by atoms with E-state index in [1.54, 1.807) is 36.4 Å². The van der Waals surface area contributed by atoms with E-state index in [9.17, 15) is 15.3 Å². The molecule has 0 heterocycles. The number of aromatic hydroxyl groups is 3. The highest BCUT2D eigenvalue weighted by molar-refractivity contribution is 5.52. The van der Waals surface area contributed by atoms with Gasteiger partial charge >= 0.3 is 0 Å². The predicted octanol–water partition coefficient (Wildman–Crippen LogP) is 6.17. The van der Waals surface area contributed by atoms with Crippen molar-refractivity contribution in [2.45, 2.75) is 25.2 Å². The van der Waals surface area contributed by atoms with E-state index < -0.39 is 0 Å². The Morgan fingerprint density at radius 1 is 0.548 bits per heavy atom. The van der Waals surface area contributed by atoms with Crippen LogP contribution in [0, 0.1) is 0 Å². The molecule has 0 bridgehead atoms. The third-order valence-corrected chi connectivity index (χ3v) is 5.40. The predicted molar refractivity (Wildman–Crippen MR) is 127 cm³/mol. The second kappa shape index (κ2) is 9.86. The van der Waals surface area contributed by atoms with Crippen LogP contribution in [0.15, 0.2) is 92.6 Å². The summed E-state index contributed by atoms with van der Waals surface area (Å²) in [6.45, 7) is 11.4. The lowest BCUT2D eigenvalue weighted by atomic mass is 9.82. The van der Waals surface area contributed by atoms with Crippen LogP contribution >= 0.6 is 0 Å². The first-order valence-electron chi connectivity index (χ1n) is 10.3. The summed E-state index contributed by atoms with van der Waals surface area (Å²) in [4.78, 5) is 0. The van der Waals surface area contributed by atoms with Crippen LogP contribution in [0.25, 0.3) is 0 Å². The van der Waals surface area contributed by atoms with Crippen LogP contribution in [0.4, 0.5) is 0 Å². The molecule has 0 spiro atoms. The van der Waals surface area contributed by atoms with Gasteiger partial charge in [0.05, 0.1) is 0 Å². The highest BCUT2D eigenvalue weighted by Crippen LogP contribution is 2.37. The molecule has 0 aliphatic carbocycles. The van der Waals surface area contributed by atoms with E-state index in [1.807, 2.05) is 36.4 Å². The lowest BCUT2D eigenvalue weighted by molar-refractivity contribution is 0.469. The molecule has 3 rings (SSSR count). The van der Waals surface area contributed by atoms with Crippen LogP contribution in [-0.2, 0) is 19.3 Å². The molecule has 0 aliphatic rings. The SMILES string of the molecule is C=CCc1cc(C(c2ccc(O)c(CC=C)c2)c2ccc(O)c(CC=C)c2)ccc1O. The van der Waals surface area contributed by atoms with Crippen molar-refractivity contribution in [2.24, 2.45) is 0 Å². The Balaban J connectivity index is 2.22. The molecule has 0 aliphatic heterocycles. The molecule has 0 radical (unpaired) electrons. The first-order valence-corrected chi connectivity index (χ1v) is 10.3. The van der Waals surface area contributed by atoms with Crippen molar-refractivity contribution in [3.8, 4) is 17.2 Å². The van der Waals surface area contributed by atoms with Crippen LogP contribution in [0.2, 0.25) is 0 Å². The van der Waals surface area contributed by atoms with Crippen molar-refractivity contribution < 1.29 is 15.3 Å². The zero-order valence-corrected chi connectivity index (χ0v) is 17.6. The minimum Gasteiger partial charge on any atom is -0.508 e. The van der Waals surface area contributed by atoms with E-state index in [0.29, 0.717) is 19.3 Å². The standard InChI is InChI=1S/C28H28O3/c1-4-7-19-16-22(10-13-25(19)29)28(23-11-14-26(30)20(17-23)8-5-2)24-12-15-27(31)21(18-24)9-6-3/h4-6,10-18,28-31H,1-3,7-9H2. The molecule has 0 fully saturated rings. The molecular weight excluding hydrogens is 384 g/mol. The van der Waals surface area contributed by atoms with Gasteiger partial charge in [0.25, 0.3) is 0 Å². The highest BCUT2D eigenvalue weighted by Gasteiger charge is 2.20. The Kier molecular flexibility index (Phi) is 6.99. The molecule has 3 nitrogen and oxygen atoms in total. The summed E-state index contributed by atoms with van der Waals surface area (Å²) in [6, 6.07) is 16.8. The molecule has 0 saturated heterocycles. The normalized spacial score (nSPS) is 10.7. The first kappa shape index (κ1) is 22.0. The van der Waals surface area contributed by atoms with Gasteiger partial charge in [0.1, 0.15) is 17.2 Å². The van der Waals surface area contributed by atoms with Gasteiger partial charge in [-0.3, -0.25) is 0 Å².